The Kier molecular flexibility index (Phi) is 4.48. The van der Waals surface area contributed by atoms with Gasteiger partial charge in [0.2, 0.25) is 0 Å². The van der Waals surface area contributed by atoms with E-state index in [1.807, 2.05) is 0 Å². The summed E-state index contributed by atoms with van der Waals surface area (Å²) in [6.07, 6.45) is 2.86. The second-order valence-electron chi connectivity index (χ2n) is 2.64. The number of nitrogens with two attached hydrogens (primary N) is 1. The molecule has 0 amide bonds. The minimum absolute atomic E-state index is 0.921. The fraction of sp³-hybridized carbons (Fsp3) is 1.00. The van der Waals surface area contributed by atoms with Crippen LogP contribution in [0.3, 0.4) is 0 Å². The molecule has 1 unspecified atom stereocenters. The Morgan fingerprint density at radius 1 is 1.27 bits per heavy atom. The Labute approximate surface area is 63.3 Å². The topological polar surface area (TPSA) is 16.6 Å². The zero-order chi connectivity index (χ0) is 8.91. The van der Waals surface area contributed by atoms with E-state index in [-0.39, 0.29) is 0 Å². The van der Waals surface area contributed by atoms with Crippen LogP contribution in [0.1, 0.15) is 19.8 Å². The normalized spacial score (nSPS) is 24.3. The van der Waals surface area contributed by atoms with Gasteiger partial charge in [-0.2, -0.15) is 0 Å². The molecule has 1 aliphatic rings. The van der Waals surface area contributed by atoms with Gasteiger partial charge in [0.15, 0.2) is 0 Å². The van der Waals surface area contributed by atoms with Crippen LogP contribution < -0.4 is 5.32 Å². The van der Waals surface area contributed by atoms with Gasteiger partial charge in [-0.1, -0.05) is 0 Å². The molecule has 1 atom stereocenters. The average molecular weight is 173 g/mol. The summed E-state index contributed by atoms with van der Waals surface area (Å²) in [6, 6.07) is 0.921. The van der Waals surface area contributed by atoms with Gasteiger partial charge in [-0.05, 0) is 6.92 Å². The summed E-state index contributed by atoms with van der Waals surface area (Å²) in [5, 5.41) is 2.40. The first-order valence-electron chi connectivity index (χ1n) is 3.60. The van der Waals surface area contributed by atoms with Gasteiger partial charge < -0.3 is 22.6 Å². The van der Waals surface area contributed by atoms with E-state index < -0.39 is 7.25 Å². The molecule has 1 heterocycles. The SMILES string of the molecule is CC1CCC[NH2+]1.F[B-](F)(F)F. The molecule has 0 spiro atoms. The third kappa shape index (κ3) is 12.8. The van der Waals surface area contributed by atoms with E-state index in [9.17, 15) is 17.3 Å². The van der Waals surface area contributed by atoms with Crippen molar-refractivity contribution in [2.75, 3.05) is 6.54 Å². The van der Waals surface area contributed by atoms with Gasteiger partial charge >= 0.3 is 7.25 Å². The lowest BCUT2D eigenvalue weighted by Crippen LogP contribution is -2.85. The Hall–Kier alpha value is -0.255. The molecule has 68 valence electrons. The maximum absolute atomic E-state index is 9.75. The molecular formula is C5H12BF4N. The third-order valence-corrected chi connectivity index (χ3v) is 1.43. The summed E-state index contributed by atoms with van der Waals surface area (Å²) in [4.78, 5) is 0. The van der Waals surface area contributed by atoms with Gasteiger partial charge in [-0.3, -0.25) is 0 Å². The van der Waals surface area contributed by atoms with Gasteiger partial charge in [0.05, 0.1) is 12.6 Å². The van der Waals surface area contributed by atoms with Crippen molar-refractivity contribution < 1.29 is 22.6 Å². The van der Waals surface area contributed by atoms with Crippen molar-refractivity contribution in [3.05, 3.63) is 0 Å². The lowest BCUT2D eigenvalue weighted by Gasteiger charge is -1.94. The second kappa shape index (κ2) is 4.59. The minimum atomic E-state index is -6.00. The van der Waals surface area contributed by atoms with Crippen molar-refractivity contribution in [3.63, 3.8) is 0 Å². The third-order valence-electron chi connectivity index (χ3n) is 1.43. The van der Waals surface area contributed by atoms with E-state index >= 15 is 0 Å². The number of rotatable bonds is 0. The summed E-state index contributed by atoms with van der Waals surface area (Å²) in [7, 11) is -6.00. The van der Waals surface area contributed by atoms with Crippen LogP contribution >= 0.6 is 0 Å². The molecule has 0 bridgehead atoms. The summed E-state index contributed by atoms with van der Waals surface area (Å²) in [6.45, 7) is 3.65. The lowest BCUT2D eigenvalue weighted by atomic mass is 10.3. The number of halogens is 4. The van der Waals surface area contributed by atoms with Crippen molar-refractivity contribution in [2.45, 2.75) is 25.8 Å². The van der Waals surface area contributed by atoms with E-state index in [1.54, 1.807) is 0 Å². The Balaban J connectivity index is 0.000000187. The molecule has 2 N–H and O–H groups in total. The first kappa shape index (κ1) is 10.7. The van der Waals surface area contributed by atoms with Gasteiger partial charge in [-0.15, -0.1) is 0 Å². The molecule has 0 aromatic carbocycles. The van der Waals surface area contributed by atoms with E-state index in [1.165, 1.54) is 19.4 Å². The highest BCUT2D eigenvalue weighted by molar-refractivity contribution is 6.50. The van der Waals surface area contributed by atoms with Crippen LogP contribution in [0.4, 0.5) is 17.3 Å². The molecule has 0 aliphatic carbocycles. The van der Waals surface area contributed by atoms with Crippen molar-refractivity contribution in [2.24, 2.45) is 0 Å². The van der Waals surface area contributed by atoms with E-state index in [0.717, 1.165) is 6.04 Å². The molecule has 0 aromatic heterocycles. The molecule has 1 nitrogen and oxygen atoms in total. The van der Waals surface area contributed by atoms with Gasteiger partial charge in [0, 0.05) is 12.8 Å². The smallest absolute Gasteiger partial charge is 0.418 e. The summed E-state index contributed by atoms with van der Waals surface area (Å²) in [5.74, 6) is 0. The van der Waals surface area contributed by atoms with Crippen molar-refractivity contribution >= 4 is 7.25 Å². The molecule has 0 radical (unpaired) electrons. The first-order chi connectivity index (χ1) is 4.89. The van der Waals surface area contributed by atoms with Crippen molar-refractivity contribution in [3.8, 4) is 0 Å². The Morgan fingerprint density at radius 3 is 1.82 bits per heavy atom. The molecule has 1 saturated heterocycles. The standard InChI is InChI=1S/C5H11N.BF4/c1-5-3-2-4-6-5;2-1(3,4)5/h5-6H,2-4H2,1H3;/q;-1/p+1. The maximum atomic E-state index is 9.75. The summed E-state index contributed by atoms with van der Waals surface area (Å²) < 4.78 is 39.0. The highest BCUT2D eigenvalue weighted by Gasteiger charge is 2.20. The second-order valence-corrected chi connectivity index (χ2v) is 2.64. The van der Waals surface area contributed by atoms with E-state index in [4.69, 9.17) is 0 Å². The summed E-state index contributed by atoms with van der Waals surface area (Å²) >= 11 is 0. The Bertz CT molecular complexity index is 93.1. The zero-order valence-electron chi connectivity index (χ0n) is 6.37. The predicted molar refractivity (Wildman–Crippen MR) is 35.7 cm³/mol. The quantitative estimate of drug-likeness (QED) is 0.416. The molecule has 0 aromatic rings. The highest BCUT2D eigenvalue weighted by atomic mass is 19.5. The van der Waals surface area contributed by atoms with E-state index in [0.29, 0.717) is 0 Å². The molecule has 11 heavy (non-hydrogen) atoms. The monoisotopic (exact) mass is 173 g/mol. The largest absolute Gasteiger partial charge is 0.673 e. The van der Waals surface area contributed by atoms with Gasteiger partial charge in [0.1, 0.15) is 0 Å². The van der Waals surface area contributed by atoms with Crippen LogP contribution in [0.25, 0.3) is 0 Å². The molecule has 1 aliphatic heterocycles. The van der Waals surface area contributed by atoms with Crippen LogP contribution in [-0.4, -0.2) is 19.8 Å². The van der Waals surface area contributed by atoms with Gasteiger partial charge in [-0.25, -0.2) is 0 Å². The number of hydrogen-bond acceptors (Lipinski definition) is 0. The van der Waals surface area contributed by atoms with Crippen molar-refractivity contribution in [1.82, 2.24) is 0 Å². The minimum Gasteiger partial charge on any atom is -0.418 e. The fourth-order valence-electron chi connectivity index (χ4n) is 0.960. The Morgan fingerprint density at radius 2 is 1.73 bits per heavy atom. The molecule has 0 saturated carbocycles. The van der Waals surface area contributed by atoms with E-state index in [2.05, 4.69) is 12.2 Å². The predicted octanol–water partition coefficient (Wildman–Crippen LogP) is 1.03. The van der Waals surface area contributed by atoms with Crippen LogP contribution in [-0.2, 0) is 0 Å². The zero-order valence-corrected chi connectivity index (χ0v) is 6.37. The van der Waals surface area contributed by atoms with Crippen molar-refractivity contribution in [1.29, 1.82) is 0 Å². The molecular weight excluding hydrogens is 161 g/mol. The fourth-order valence-corrected chi connectivity index (χ4v) is 0.960. The lowest BCUT2D eigenvalue weighted by molar-refractivity contribution is -0.666. The maximum Gasteiger partial charge on any atom is 0.673 e. The van der Waals surface area contributed by atoms with Crippen LogP contribution in [0.15, 0.2) is 0 Å². The highest BCUT2D eigenvalue weighted by Crippen LogP contribution is 2.06. The molecule has 1 fully saturated rings. The average Bonchev–Trinajstić information content (AvgIpc) is 2.12. The first-order valence-corrected chi connectivity index (χ1v) is 3.60. The number of hydrogen-bond donors (Lipinski definition) is 1. The van der Waals surface area contributed by atoms with Gasteiger partial charge in [0.25, 0.3) is 0 Å². The van der Waals surface area contributed by atoms with Crippen LogP contribution in [0.2, 0.25) is 0 Å². The summed E-state index contributed by atoms with van der Waals surface area (Å²) in [5.41, 5.74) is 0. The molecule has 6 heteroatoms. The van der Waals surface area contributed by atoms with Crippen LogP contribution in [0.5, 0.6) is 0 Å². The van der Waals surface area contributed by atoms with Crippen LogP contribution in [0, 0.1) is 0 Å². The number of quaternary nitrogens is 1. The molecule has 1 rings (SSSR count).